The smallest absolute Gasteiger partial charge is 0.317 e. The van der Waals surface area contributed by atoms with Crippen molar-refractivity contribution in [3.05, 3.63) is 58.3 Å². The van der Waals surface area contributed by atoms with Crippen molar-refractivity contribution >= 4 is 23.3 Å². The second kappa shape index (κ2) is 12.5. The van der Waals surface area contributed by atoms with Gasteiger partial charge in [-0.05, 0) is 36.3 Å². The number of urea groups is 1. The molecule has 6 nitrogen and oxygen atoms in total. The van der Waals surface area contributed by atoms with E-state index in [1.165, 1.54) is 0 Å². The fourth-order valence-corrected chi connectivity index (χ4v) is 4.35. The van der Waals surface area contributed by atoms with Crippen molar-refractivity contribution in [1.82, 2.24) is 15.1 Å². The maximum Gasteiger partial charge on any atom is 0.317 e. The number of benzene rings is 1. The molecule has 1 aromatic heterocycles. The quantitative estimate of drug-likeness (QED) is 0.528. The van der Waals surface area contributed by atoms with Crippen LogP contribution in [-0.4, -0.2) is 54.1 Å². The Bertz CT molecular complexity index is 792. The van der Waals surface area contributed by atoms with Crippen LogP contribution >= 0.6 is 11.3 Å². The van der Waals surface area contributed by atoms with Gasteiger partial charge in [0, 0.05) is 31.1 Å². The number of hydrogen-bond donors (Lipinski definition) is 1. The third-order valence-corrected chi connectivity index (χ3v) is 6.22. The van der Waals surface area contributed by atoms with Gasteiger partial charge in [0.05, 0.1) is 12.6 Å². The summed E-state index contributed by atoms with van der Waals surface area (Å²) in [5.41, 5.74) is 1.07. The first-order chi connectivity index (χ1) is 15.2. The van der Waals surface area contributed by atoms with Crippen molar-refractivity contribution in [1.29, 1.82) is 0 Å². The molecule has 3 amide bonds. The number of amides is 3. The maximum atomic E-state index is 13.4. The number of hydrogen-bond acceptors (Lipinski definition) is 4. The Morgan fingerprint density at radius 3 is 2.65 bits per heavy atom. The highest BCUT2D eigenvalue weighted by Crippen LogP contribution is 2.17. The lowest BCUT2D eigenvalue weighted by atomic mass is 10.2. The van der Waals surface area contributed by atoms with Gasteiger partial charge in [-0.25, -0.2) is 4.79 Å². The Balaban J connectivity index is 1.69. The van der Waals surface area contributed by atoms with E-state index in [1.807, 2.05) is 52.7 Å². The van der Waals surface area contributed by atoms with Crippen LogP contribution < -0.4 is 5.32 Å². The fourth-order valence-electron chi connectivity index (χ4n) is 3.63. The number of carbonyl (C=O) groups is 2. The lowest BCUT2D eigenvalue weighted by Gasteiger charge is -2.29. The molecule has 0 aliphatic carbocycles. The van der Waals surface area contributed by atoms with E-state index >= 15 is 0 Å². The predicted molar refractivity (Wildman–Crippen MR) is 124 cm³/mol. The zero-order valence-corrected chi connectivity index (χ0v) is 19.1. The minimum absolute atomic E-state index is 0.00425. The Morgan fingerprint density at radius 2 is 1.97 bits per heavy atom. The molecule has 1 aliphatic rings. The summed E-state index contributed by atoms with van der Waals surface area (Å²) in [6, 6.07) is 13.8. The van der Waals surface area contributed by atoms with Gasteiger partial charge in [-0.2, -0.15) is 0 Å². The molecule has 1 saturated heterocycles. The van der Waals surface area contributed by atoms with Crippen molar-refractivity contribution in [2.75, 3.05) is 26.2 Å². The zero-order chi connectivity index (χ0) is 21.9. The highest BCUT2D eigenvalue weighted by molar-refractivity contribution is 7.09. The van der Waals surface area contributed by atoms with Crippen LogP contribution in [0.2, 0.25) is 0 Å². The van der Waals surface area contributed by atoms with Crippen LogP contribution in [0.3, 0.4) is 0 Å². The van der Waals surface area contributed by atoms with E-state index in [2.05, 4.69) is 12.2 Å². The maximum absolute atomic E-state index is 13.4. The van der Waals surface area contributed by atoms with Gasteiger partial charge in [-0.15, -0.1) is 11.3 Å². The van der Waals surface area contributed by atoms with Crippen LogP contribution in [0, 0.1) is 0 Å². The van der Waals surface area contributed by atoms with Crippen molar-refractivity contribution in [3.63, 3.8) is 0 Å². The van der Waals surface area contributed by atoms with Gasteiger partial charge in [0.2, 0.25) is 5.91 Å². The van der Waals surface area contributed by atoms with Crippen LogP contribution in [0.25, 0.3) is 0 Å². The number of rotatable bonds is 11. The molecule has 7 heteroatoms. The van der Waals surface area contributed by atoms with Crippen molar-refractivity contribution in [2.45, 2.75) is 51.8 Å². The lowest BCUT2D eigenvalue weighted by Crippen LogP contribution is -2.49. The van der Waals surface area contributed by atoms with Gasteiger partial charge in [-0.1, -0.05) is 49.7 Å². The summed E-state index contributed by atoms with van der Waals surface area (Å²) in [5, 5.41) is 4.98. The molecule has 2 aromatic rings. The van der Waals surface area contributed by atoms with Gasteiger partial charge in [0.25, 0.3) is 0 Å². The first-order valence-corrected chi connectivity index (χ1v) is 12.0. The van der Waals surface area contributed by atoms with E-state index in [1.54, 1.807) is 16.2 Å². The van der Waals surface area contributed by atoms with Crippen LogP contribution in [0.15, 0.2) is 47.8 Å². The van der Waals surface area contributed by atoms with Gasteiger partial charge in [0.15, 0.2) is 0 Å². The van der Waals surface area contributed by atoms with Gasteiger partial charge >= 0.3 is 6.03 Å². The molecule has 0 spiro atoms. The molecule has 0 bridgehead atoms. The Hall–Kier alpha value is -2.38. The standard InChI is InChI=1S/C24H33N3O3S/c1-2-3-13-25-24(29)27(17-21-11-7-14-30-21)19-23(28)26(18-22-12-8-15-31-22)16-20-9-5-4-6-10-20/h4-6,8-10,12,15,21H,2-3,7,11,13-14,16-19H2,1H3,(H,25,29). The molecule has 0 saturated carbocycles. The average molecular weight is 444 g/mol. The van der Waals surface area contributed by atoms with E-state index in [-0.39, 0.29) is 24.6 Å². The van der Waals surface area contributed by atoms with Gasteiger partial charge < -0.3 is 19.9 Å². The number of nitrogens with zero attached hydrogens (tertiary/aromatic N) is 2. The molecular weight excluding hydrogens is 410 g/mol. The Morgan fingerprint density at radius 1 is 1.13 bits per heavy atom. The van der Waals surface area contributed by atoms with E-state index in [0.717, 1.165) is 42.7 Å². The summed E-state index contributed by atoms with van der Waals surface area (Å²) in [7, 11) is 0. The van der Waals surface area contributed by atoms with E-state index in [4.69, 9.17) is 4.74 Å². The third kappa shape index (κ3) is 7.67. The number of carbonyl (C=O) groups excluding carboxylic acids is 2. The minimum Gasteiger partial charge on any atom is -0.376 e. The number of ether oxygens (including phenoxy) is 1. The molecule has 0 radical (unpaired) electrons. The zero-order valence-electron chi connectivity index (χ0n) is 18.3. The molecule has 3 rings (SSSR count). The summed E-state index contributed by atoms with van der Waals surface area (Å²) < 4.78 is 5.74. The van der Waals surface area contributed by atoms with Crippen molar-refractivity contribution in [3.8, 4) is 0 Å². The lowest BCUT2D eigenvalue weighted by molar-refractivity contribution is -0.133. The minimum atomic E-state index is -0.187. The Labute approximate surface area is 189 Å². The normalized spacial score (nSPS) is 15.6. The summed E-state index contributed by atoms with van der Waals surface area (Å²) in [4.78, 5) is 30.8. The molecule has 2 heterocycles. The fraction of sp³-hybridized carbons (Fsp3) is 0.500. The molecule has 1 N–H and O–H groups in total. The first kappa shape index (κ1) is 23.3. The Kier molecular flexibility index (Phi) is 9.37. The van der Waals surface area contributed by atoms with E-state index in [0.29, 0.717) is 26.2 Å². The van der Waals surface area contributed by atoms with Crippen LogP contribution in [0.5, 0.6) is 0 Å². The number of unbranched alkanes of at least 4 members (excludes halogenated alkanes) is 1. The molecule has 1 fully saturated rings. The van der Waals surface area contributed by atoms with Crippen molar-refractivity contribution < 1.29 is 14.3 Å². The van der Waals surface area contributed by atoms with Gasteiger partial charge in [0.1, 0.15) is 6.54 Å². The van der Waals surface area contributed by atoms with Crippen LogP contribution in [0.1, 0.15) is 43.0 Å². The first-order valence-electron chi connectivity index (χ1n) is 11.1. The highest BCUT2D eigenvalue weighted by Gasteiger charge is 2.26. The second-order valence-electron chi connectivity index (χ2n) is 7.92. The molecule has 1 aliphatic heterocycles. The molecule has 1 atom stereocenters. The average Bonchev–Trinajstić information content (AvgIpc) is 3.48. The predicted octanol–water partition coefficient (Wildman–Crippen LogP) is 4.27. The summed E-state index contributed by atoms with van der Waals surface area (Å²) in [6.45, 7) is 4.99. The monoisotopic (exact) mass is 443 g/mol. The van der Waals surface area contributed by atoms with Crippen LogP contribution in [0.4, 0.5) is 4.79 Å². The SMILES string of the molecule is CCCCNC(=O)N(CC(=O)N(Cc1ccccc1)Cc1cccs1)CC1CCCO1. The summed E-state index contributed by atoms with van der Waals surface area (Å²) >= 11 is 1.64. The number of thiophene rings is 1. The topological polar surface area (TPSA) is 61.9 Å². The van der Waals surface area contributed by atoms with Crippen LogP contribution in [-0.2, 0) is 22.6 Å². The van der Waals surface area contributed by atoms with E-state index in [9.17, 15) is 9.59 Å². The molecule has 1 unspecified atom stereocenters. The second-order valence-corrected chi connectivity index (χ2v) is 8.95. The van der Waals surface area contributed by atoms with Crippen molar-refractivity contribution in [2.24, 2.45) is 0 Å². The summed E-state index contributed by atoms with van der Waals surface area (Å²) in [5.74, 6) is -0.0547. The third-order valence-electron chi connectivity index (χ3n) is 5.36. The highest BCUT2D eigenvalue weighted by atomic mass is 32.1. The summed E-state index contributed by atoms with van der Waals surface area (Å²) in [6.07, 6.45) is 3.87. The molecule has 168 valence electrons. The molecular formula is C24H33N3O3S. The largest absolute Gasteiger partial charge is 0.376 e. The molecule has 31 heavy (non-hydrogen) atoms. The number of nitrogens with one attached hydrogen (secondary N) is 1. The van der Waals surface area contributed by atoms with Gasteiger partial charge in [-0.3, -0.25) is 4.79 Å². The van der Waals surface area contributed by atoms with E-state index < -0.39 is 0 Å². The molecule has 1 aromatic carbocycles.